The van der Waals surface area contributed by atoms with Crippen molar-refractivity contribution < 1.29 is 19.4 Å². The van der Waals surface area contributed by atoms with E-state index < -0.39 is 17.5 Å². The van der Waals surface area contributed by atoms with Gasteiger partial charge in [-0.1, -0.05) is 30.3 Å². The average molecular weight is 305 g/mol. The van der Waals surface area contributed by atoms with Crippen molar-refractivity contribution in [1.29, 1.82) is 0 Å². The zero-order valence-corrected chi connectivity index (χ0v) is 13.3. The van der Waals surface area contributed by atoms with Gasteiger partial charge in [-0.15, -0.1) is 0 Å². The van der Waals surface area contributed by atoms with Gasteiger partial charge in [-0.3, -0.25) is 4.79 Å². The number of rotatable bonds is 4. The molecule has 22 heavy (non-hydrogen) atoms. The third-order valence-corrected chi connectivity index (χ3v) is 3.75. The van der Waals surface area contributed by atoms with Gasteiger partial charge in [-0.2, -0.15) is 0 Å². The smallest absolute Gasteiger partial charge is 0.410 e. The maximum atomic E-state index is 11.9. The van der Waals surface area contributed by atoms with E-state index in [2.05, 4.69) is 0 Å². The fraction of sp³-hybridized carbons (Fsp3) is 0.529. The lowest BCUT2D eigenvalue weighted by atomic mass is 9.82. The molecule has 5 nitrogen and oxygen atoms in total. The minimum atomic E-state index is -0.808. The van der Waals surface area contributed by atoms with Crippen LogP contribution in [-0.2, 0) is 16.0 Å². The fourth-order valence-corrected chi connectivity index (χ4v) is 2.57. The lowest BCUT2D eigenvalue weighted by Crippen LogP contribution is -2.55. The van der Waals surface area contributed by atoms with Crippen molar-refractivity contribution in [2.24, 2.45) is 11.8 Å². The van der Waals surface area contributed by atoms with Crippen LogP contribution in [0.4, 0.5) is 4.79 Å². The number of hydrogen-bond acceptors (Lipinski definition) is 3. The highest BCUT2D eigenvalue weighted by molar-refractivity contribution is 5.73. The summed E-state index contributed by atoms with van der Waals surface area (Å²) in [5, 5.41) is 9.45. The van der Waals surface area contributed by atoms with Crippen LogP contribution in [0.3, 0.4) is 0 Å². The Balaban J connectivity index is 1.91. The van der Waals surface area contributed by atoms with Crippen molar-refractivity contribution in [3.8, 4) is 0 Å². The molecule has 0 spiro atoms. The first-order valence-corrected chi connectivity index (χ1v) is 7.51. The van der Waals surface area contributed by atoms with E-state index in [9.17, 15) is 14.7 Å². The largest absolute Gasteiger partial charge is 0.481 e. The molecule has 0 aliphatic carbocycles. The number of carbonyl (C=O) groups excluding carboxylic acids is 1. The van der Waals surface area contributed by atoms with E-state index in [4.69, 9.17) is 4.74 Å². The van der Waals surface area contributed by atoms with Crippen molar-refractivity contribution >= 4 is 12.1 Å². The summed E-state index contributed by atoms with van der Waals surface area (Å²) in [7, 11) is 0. The van der Waals surface area contributed by atoms with Crippen LogP contribution in [0.15, 0.2) is 30.3 Å². The summed E-state index contributed by atoms with van der Waals surface area (Å²) < 4.78 is 5.29. The average Bonchev–Trinajstić information content (AvgIpc) is 2.34. The molecule has 0 bridgehead atoms. The third kappa shape index (κ3) is 4.23. The van der Waals surface area contributed by atoms with E-state index in [1.807, 2.05) is 51.1 Å². The van der Waals surface area contributed by atoms with Crippen LogP contribution >= 0.6 is 0 Å². The molecule has 1 aliphatic heterocycles. The number of nitrogens with zero attached hydrogens (tertiary/aromatic N) is 1. The monoisotopic (exact) mass is 305 g/mol. The molecule has 1 aromatic rings. The van der Waals surface area contributed by atoms with Crippen molar-refractivity contribution in [3.05, 3.63) is 35.9 Å². The number of hydrogen-bond donors (Lipinski definition) is 1. The minimum Gasteiger partial charge on any atom is -0.481 e. The Bertz CT molecular complexity index is 529. The Morgan fingerprint density at radius 1 is 1.27 bits per heavy atom. The standard InChI is InChI=1S/C17H23NO4/c1-17(2,3)22-16(21)18-10-13(11-18)14(15(19)20)9-12-7-5-4-6-8-12/h4-8,13-14H,9-11H2,1-3H3,(H,19,20)/t14-/m1/s1. The lowest BCUT2D eigenvalue weighted by molar-refractivity contribution is -0.146. The molecule has 5 heteroatoms. The third-order valence-electron chi connectivity index (χ3n) is 3.75. The van der Waals surface area contributed by atoms with Crippen LogP contribution in [0.25, 0.3) is 0 Å². The molecule has 1 atom stereocenters. The topological polar surface area (TPSA) is 66.8 Å². The molecule has 0 radical (unpaired) electrons. The van der Waals surface area contributed by atoms with Crippen LogP contribution in [0.5, 0.6) is 0 Å². The highest BCUT2D eigenvalue weighted by Crippen LogP contribution is 2.28. The summed E-state index contributed by atoms with van der Waals surface area (Å²) in [6.07, 6.45) is 0.121. The maximum Gasteiger partial charge on any atom is 0.410 e. The molecule has 2 rings (SSSR count). The molecule has 1 N–H and O–H groups in total. The molecule has 0 saturated carbocycles. The van der Waals surface area contributed by atoms with Gasteiger partial charge in [0.2, 0.25) is 0 Å². The number of amides is 1. The first kappa shape index (κ1) is 16.3. The zero-order chi connectivity index (χ0) is 16.3. The summed E-state index contributed by atoms with van der Waals surface area (Å²) in [5.41, 5.74) is 0.476. The first-order valence-electron chi connectivity index (χ1n) is 7.51. The Morgan fingerprint density at radius 2 is 1.86 bits per heavy atom. The van der Waals surface area contributed by atoms with Crippen molar-refractivity contribution in [2.45, 2.75) is 32.8 Å². The normalized spacial score (nSPS) is 16.8. The number of ether oxygens (including phenoxy) is 1. The summed E-state index contributed by atoms with van der Waals surface area (Å²) in [6.45, 7) is 6.34. The molecular weight excluding hydrogens is 282 g/mol. The molecule has 120 valence electrons. The number of carbonyl (C=O) groups is 2. The summed E-state index contributed by atoms with van der Waals surface area (Å²) in [6, 6.07) is 9.58. The predicted octanol–water partition coefficient (Wildman–Crippen LogP) is 2.80. The molecular formula is C17H23NO4. The first-order chi connectivity index (χ1) is 10.3. The Labute approximate surface area is 130 Å². The second-order valence-corrected chi connectivity index (χ2v) is 6.78. The summed E-state index contributed by atoms with van der Waals surface area (Å²) in [4.78, 5) is 25.0. The lowest BCUT2D eigenvalue weighted by Gasteiger charge is -2.42. The van der Waals surface area contributed by atoms with Crippen LogP contribution in [0, 0.1) is 11.8 Å². The van der Waals surface area contributed by atoms with Crippen molar-refractivity contribution in [1.82, 2.24) is 4.90 Å². The Morgan fingerprint density at radius 3 is 2.36 bits per heavy atom. The number of carboxylic acids is 1. The van der Waals surface area contributed by atoms with E-state index in [0.29, 0.717) is 19.5 Å². The van der Waals surface area contributed by atoms with Crippen LogP contribution in [0.2, 0.25) is 0 Å². The Hall–Kier alpha value is -2.04. The fourth-order valence-electron chi connectivity index (χ4n) is 2.57. The van der Waals surface area contributed by atoms with Gasteiger partial charge in [-0.25, -0.2) is 4.79 Å². The van der Waals surface area contributed by atoms with Gasteiger partial charge < -0.3 is 14.7 Å². The number of benzene rings is 1. The Kier molecular flexibility index (Phi) is 4.74. The molecule has 1 aromatic carbocycles. The van der Waals surface area contributed by atoms with Crippen molar-refractivity contribution in [2.75, 3.05) is 13.1 Å². The van der Waals surface area contributed by atoms with Gasteiger partial charge in [0.25, 0.3) is 0 Å². The quantitative estimate of drug-likeness (QED) is 0.929. The number of carboxylic acid groups (broad SMARTS) is 1. The molecule has 0 aromatic heterocycles. The van der Waals surface area contributed by atoms with Gasteiger partial charge in [0.1, 0.15) is 5.60 Å². The van der Waals surface area contributed by atoms with Crippen LogP contribution < -0.4 is 0 Å². The van der Waals surface area contributed by atoms with Gasteiger partial charge in [0.05, 0.1) is 5.92 Å². The van der Waals surface area contributed by atoms with E-state index >= 15 is 0 Å². The van der Waals surface area contributed by atoms with E-state index in [1.165, 1.54) is 0 Å². The van der Waals surface area contributed by atoms with Gasteiger partial charge >= 0.3 is 12.1 Å². The van der Waals surface area contributed by atoms with Crippen LogP contribution in [-0.4, -0.2) is 40.8 Å². The summed E-state index contributed by atoms with van der Waals surface area (Å²) >= 11 is 0. The van der Waals surface area contributed by atoms with E-state index in [1.54, 1.807) is 4.90 Å². The number of likely N-dealkylation sites (tertiary alicyclic amines) is 1. The molecule has 0 unspecified atom stereocenters. The second-order valence-electron chi connectivity index (χ2n) is 6.78. The number of aliphatic carboxylic acids is 1. The predicted molar refractivity (Wildman–Crippen MR) is 82.6 cm³/mol. The molecule has 1 aliphatic rings. The SMILES string of the molecule is CC(C)(C)OC(=O)N1CC([C@@H](Cc2ccccc2)C(=O)O)C1. The minimum absolute atomic E-state index is 0.0229. The van der Waals surface area contributed by atoms with Gasteiger partial charge in [-0.05, 0) is 32.8 Å². The van der Waals surface area contributed by atoms with Gasteiger partial charge in [0, 0.05) is 19.0 Å². The zero-order valence-electron chi connectivity index (χ0n) is 13.3. The van der Waals surface area contributed by atoms with Crippen LogP contribution in [0.1, 0.15) is 26.3 Å². The van der Waals surface area contributed by atoms with E-state index in [-0.39, 0.29) is 12.0 Å². The molecule has 1 heterocycles. The van der Waals surface area contributed by atoms with Crippen molar-refractivity contribution in [3.63, 3.8) is 0 Å². The molecule has 1 saturated heterocycles. The highest BCUT2D eigenvalue weighted by atomic mass is 16.6. The summed E-state index contributed by atoms with van der Waals surface area (Å²) in [5.74, 6) is -1.30. The van der Waals surface area contributed by atoms with E-state index in [0.717, 1.165) is 5.56 Å². The molecule has 1 fully saturated rings. The molecule has 1 amide bonds. The maximum absolute atomic E-state index is 11.9. The highest BCUT2D eigenvalue weighted by Gasteiger charge is 2.41. The van der Waals surface area contributed by atoms with Gasteiger partial charge in [0.15, 0.2) is 0 Å². The second kappa shape index (κ2) is 6.38.